The Labute approximate surface area is 219 Å². The monoisotopic (exact) mass is 501 g/mol. The number of benzene rings is 1. The summed E-state index contributed by atoms with van der Waals surface area (Å²) in [5, 5.41) is 4.34. The number of hydrogen-bond acceptors (Lipinski definition) is 4. The molecule has 1 aliphatic heterocycles. The number of carbonyl (C=O) groups excluding carboxylic acids is 2. The fourth-order valence-electron chi connectivity index (χ4n) is 6.00. The van der Waals surface area contributed by atoms with Crippen LogP contribution in [0.3, 0.4) is 0 Å². The number of rotatable bonds is 7. The molecule has 7 nitrogen and oxygen atoms in total. The second-order valence-corrected chi connectivity index (χ2v) is 10.8. The molecule has 37 heavy (non-hydrogen) atoms. The Morgan fingerprint density at radius 1 is 1.05 bits per heavy atom. The summed E-state index contributed by atoms with van der Waals surface area (Å²) in [6, 6.07) is 11.8. The molecule has 3 atom stereocenters. The molecule has 2 fully saturated rings. The van der Waals surface area contributed by atoms with E-state index in [0.717, 1.165) is 67.4 Å². The molecule has 1 saturated heterocycles. The van der Waals surface area contributed by atoms with Gasteiger partial charge in [0.2, 0.25) is 11.8 Å². The summed E-state index contributed by atoms with van der Waals surface area (Å²) in [6.07, 6.45) is 10.0. The van der Waals surface area contributed by atoms with Crippen LogP contribution in [0.15, 0.2) is 42.6 Å². The molecule has 2 aromatic heterocycles. The summed E-state index contributed by atoms with van der Waals surface area (Å²) < 4.78 is 2.09. The highest BCUT2D eigenvalue weighted by molar-refractivity contribution is 5.89. The number of carbonyl (C=O) groups is 2. The molecule has 196 valence electrons. The number of hydrogen-bond donors (Lipinski definition) is 1. The lowest BCUT2D eigenvalue weighted by atomic mass is 9.83. The number of fused-ring (bicyclic) bond motifs is 1. The normalized spacial score (nSPS) is 20.2. The number of nitrogens with one attached hydrogen (secondary N) is 1. The highest BCUT2D eigenvalue weighted by Gasteiger charge is 2.39. The molecule has 3 heterocycles. The lowest BCUT2D eigenvalue weighted by Crippen LogP contribution is -2.53. The van der Waals surface area contributed by atoms with Gasteiger partial charge in [0, 0.05) is 24.7 Å². The van der Waals surface area contributed by atoms with E-state index in [1.807, 2.05) is 50.1 Å². The van der Waals surface area contributed by atoms with Crippen LogP contribution in [0, 0.1) is 18.8 Å². The maximum Gasteiger partial charge on any atom is 0.246 e. The van der Waals surface area contributed by atoms with Crippen LogP contribution in [0.1, 0.15) is 82.8 Å². The maximum absolute atomic E-state index is 14.1. The molecule has 1 saturated carbocycles. The average molecular weight is 502 g/mol. The van der Waals surface area contributed by atoms with E-state index in [9.17, 15) is 9.59 Å². The molecule has 2 amide bonds. The van der Waals surface area contributed by atoms with Crippen LogP contribution in [0.2, 0.25) is 0 Å². The Hall–Kier alpha value is -3.22. The van der Waals surface area contributed by atoms with Crippen molar-refractivity contribution in [2.75, 3.05) is 6.54 Å². The maximum atomic E-state index is 14.1. The molecule has 3 aromatic rings. The Balaban J connectivity index is 1.44. The molecule has 2 aliphatic rings. The zero-order chi connectivity index (χ0) is 25.9. The van der Waals surface area contributed by atoms with Gasteiger partial charge in [0.1, 0.15) is 17.7 Å². The molecule has 1 aromatic carbocycles. The quantitative estimate of drug-likeness (QED) is 0.463. The van der Waals surface area contributed by atoms with E-state index in [1.165, 1.54) is 6.42 Å². The highest BCUT2D eigenvalue weighted by Crippen LogP contribution is 2.35. The van der Waals surface area contributed by atoms with Crippen LogP contribution in [0.5, 0.6) is 0 Å². The van der Waals surface area contributed by atoms with Gasteiger partial charge in [-0.25, -0.2) is 9.97 Å². The first kappa shape index (κ1) is 25.4. The van der Waals surface area contributed by atoms with Crippen molar-refractivity contribution in [2.24, 2.45) is 11.8 Å². The molecule has 0 bridgehead atoms. The third-order valence-electron chi connectivity index (χ3n) is 8.31. The minimum atomic E-state index is -0.460. The molecule has 7 heteroatoms. The van der Waals surface area contributed by atoms with E-state index < -0.39 is 6.04 Å². The number of amides is 2. The van der Waals surface area contributed by atoms with Gasteiger partial charge in [-0.1, -0.05) is 51.3 Å². The first-order valence-corrected chi connectivity index (χ1v) is 14.0. The van der Waals surface area contributed by atoms with Crippen molar-refractivity contribution in [3.63, 3.8) is 0 Å². The van der Waals surface area contributed by atoms with E-state index in [0.29, 0.717) is 12.4 Å². The van der Waals surface area contributed by atoms with Gasteiger partial charge in [-0.2, -0.15) is 0 Å². The van der Waals surface area contributed by atoms with Crippen LogP contribution in [0.25, 0.3) is 16.7 Å². The zero-order valence-electron chi connectivity index (χ0n) is 22.3. The fraction of sp³-hybridized carbons (Fsp3) is 0.533. The Morgan fingerprint density at radius 3 is 2.62 bits per heavy atom. The third-order valence-corrected chi connectivity index (χ3v) is 8.31. The topological polar surface area (TPSA) is 80.1 Å². The van der Waals surface area contributed by atoms with Crippen LogP contribution < -0.4 is 5.32 Å². The summed E-state index contributed by atoms with van der Waals surface area (Å²) in [5.41, 5.74) is 1.97. The second kappa shape index (κ2) is 11.0. The number of aryl methyl sites for hydroxylation is 1. The number of para-hydroxylation sites is 1. The molecule has 1 aliphatic carbocycles. The van der Waals surface area contributed by atoms with Crippen molar-refractivity contribution < 1.29 is 9.59 Å². The Morgan fingerprint density at radius 2 is 1.84 bits per heavy atom. The summed E-state index contributed by atoms with van der Waals surface area (Å²) in [7, 11) is 0. The van der Waals surface area contributed by atoms with E-state index >= 15 is 0 Å². The smallest absolute Gasteiger partial charge is 0.246 e. The van der Waals surface area contributed by atoms with Crippen molar-refractivity contribution in [2.45, 2.75) is 84.2 Å². The molecule has 0 radical (unpaired) electrons. The Kier molecular flexibility index (Phi) is 7.58. The first-order chi connectivity index (χ1) is 18.0. The number of nitrogens with zero attached hydrogens (tertiary/aromatic N) is 4. The molecule has 3 unspecified atom stereocenters. The van der Waals surface area contributed by atoms with Crippen molar-refractivity contribution in [3.8, 4) is 5.82 Å². The van der Waals surface area contributed by atoms with Crippen molar-refractivity contribution in [1.29, 1.82) is 0 Å². The van der Waals surface area contributed by atoms with Gasteiger partial charge in [0.05, 0.1) is 17.3 Å². The van der Waals surface area contributed by atoms with Crippen LogP contribution in [-0.2, 0) is 9.59 Å². The van der Waals surface area contributed by atoms with Gasteiger partial charge >= 0.3 is 0 Å². The summed E-state index contributed by atoms with van der Waals surface area (Å²) in [6.45, 7) is 6.56. The zero-order valence-corrected chi connectivity index (χ0v) is 22.3. The van der Waals surface area contributed by atoms with E-state index in [-0.39, 0.29) is 29.7 Å². The van der Waals surface area contributed by atoms with Gasteiger partial charge in [-0.3, -0.25) is 9.59 Å². The fourth-order valence-corrected chi connectivity index (χ4v) is 6.00. The van der Waals surface area contributed by atoms with Gasteiger partial charge in [-0.05, 0) is 62.5 Å². The Bertz CT molecular complexity index is 1260. The van der Waals surface area contributed by atoms with Crippen molar-refractivity contribution >= 4 is 22.7 Å². The predicted molar refractivity (Wildman–Crippen MR) is 145 cm³/mol. The van der Waals surface area contributed by atoms with E-state index in [4.69, 9.17) is 9.97 Å². The molecular formula is C30H39N5O2. The largest absolute Gasteiger partial charge is 0.344 e. The van der Waals surface area contributed by atoms with E-state index in [1.54, 1.807) is 0 Å². The van der Waals surface area contributed by atoms with Crippen LogP contribution >= 0.6 is 0 Å². The molecule has 1 N–H and O–H groups in total. The molecule has 5 rings (SSSR count). The van der Waals surface area contributed by atoms with Crippen LogP contribution in [0.4, 0.5) is 0 Å². The summed E-state index contributed by atoms with van der Waals surface area (Å²) >= 11 is 0. The summed E-state index contributed by atoms with van der Waals surface area (Å²) in [4.78, 5) is 38.6. The van der Waals surface area contributed by atoms with Gasteiger partial charge in [0.15, 0.2) is 0 Å². The van der Waals surface area contributed by atoms with E-state index in [2.05, 4.69) is 28.1 Å². The number of aromatic nitrogens is 3. The highest BCUT2D eigenvalue weighted by atomic mass is 16.2. The molecule has 0 spiro atoms. The first-order valence-electron chi connectivity index (χ1n) is 14.0. The standard InChI is InChI=1S/C30H39N5O2/c1-4-20(2)29(36)33-28(23-12-6-5-7-13-23)30(37)35-17-10-15-26(35)24-19-27(32-21(3)31-24)34-18-16-22-11-8-9-14-25(22)34/h8-9,11,14,16,18-20,23,26,28H,4-7,10,12-13,15,17H2,1-3H3,(H,33,36). The number of likely N-dealkylation sites (tertiary alicyclic amines) is 1. The van der Waals surface area contributed by atoms with Crippen molar-refractivity contribution in [1.82, 2.24) is 24.8 Å². The average Bonchev–Trinajstić information content (AvgIpc) is 3.59. The van der Waals surface area contributed by atoms with Gasteiger partial charge in [-0.15, -0.1) is 0 Å². The molecular weight excluding hydrogens is 462 g/mol. The minimum absolute atomic E-state index is 0.0122. The predicted octanol–water partition coefficient (Wildman–Crippen LogP) is 5.50. The lowest BCUT2D eigenvalue weighted by Gasteiger charge is -2.35. The van der Waals surface area contributed by atoms with Gasteiger partial charge < -0.3 is 14.8 Å². The summed E-state index contributed by atoms with van der Waals surface area (Å²) in [5.74, 6) is 1.65. The van der Waals surface area contributed by atoms with Crippen LogP contribution in [-0.4, -0.2) is 43.8 Å². The second-order valence-electron chi connectivity index (χ2n) is 10.8. The van der Waals surface area contributed by atoms with Crippen molar-refractivity contribution in [3.05, 3.63) is 54.1 Å². The SMILES string of the molecule is CCC(C)C(=O)NC(C(=O)N1CCCC1c1cc(-n2ccc3ccccc32)nc(C)n1)C1CCCCC1. The van der Waals surface area contributed by atoms with Gasteiger partial charge in [0.25, 0.3) is 0 Å². The minimum Gasteiger partial charge on any atom is -0.344 e. The third kappa shape index (κ3) is 5.27. The lowest BCUT2D eigenvalue weighted by molar-refractivity contribution is -0.140.